The Morgan fingerprint density at radius 2 is 0.826 bits per heavy atom. The highest BCUT2D eigenvalue weighted by Crippen LogP contribution is 2.44. The summed E-state index contributed by atoms with van der Waals surface area (Å²) in [6.45, 7) is 1.13. The number of rotatable bonds is 48. The minimum absolute atomic E-state index is 0.0338. The highest BCUT2D eigenvalue weighted by Gasteiger charge is 2.27. The van der Waals surface area contributed by atoms with Crippen molar-refractivity contribution in [2.24, 2.45) is 5.92 Å². The fourth-order valence-corrected chi connectivity index (χ4v) is 8.99. The van der Waals surface area contributed by atoms with Gasteiger partial charge in [0, 0.05) is 39.0 Å². The Morgan fingerprint density at radius 1 is 0.464 bits per heavy atom. The van der Waals surface area contributed by atoms with E-state index in [4.69, 9.17) is 28.7 Å². The van der Waals surface area contributed by atoms with Crippen LogP contribution in [0.2, 0.25) is 0 Å². The second-order valence-electron chi connectivity index (χ2n) is 18.5. The second-order valence-corrected chi connectivity index (χ2v) is 20.0. The van der Waals surface area contributed by atoms with Crippen LogP contribution in [0.5, 0.6) is 0 Å². The number of carboxylic acids is 2. The van der Waals surface area contributed by atoms with Crippen LogP contribution in [-0.2, 0) is 55.4 Å². The maximum Gasteiger partial charge on any atom is 0.472 e. The lowest BCUT2D eigenvalue weighted by Gasteiger charge is -2.22. The SMILES string of the molecule is O=C(O)CCCCCCCCCCCCCC[C@H](CCCCCCCCCCCCCC(=O)O)COP(=O)(O)OCC(COC(=O)CCNCc1ccccc1)OC(=O)CCNCc1ccccc1. The first-order valence-corrected chi connectivity index (χ1v) is 27.9. The molecule has 0 bridgehead atoms. The molecule has 0 amide bonds. The van der Waals surface area contributed by atoms with Crippen molar-refractivity contribution in [2.75, 3.05) is 32.9 Å². The summed E-state index contributed by atoms with van der Waals surface area (Å²) in [6.07, 6.45) is 26.5. The Balaban J connectivity index is 1.83. The molecule has 69 heavy (non-hydrogen) atoms. The summed E-state index contributed by atoms with van der Waals surface area (Å²) < 4.78 is 35.4. The van der Waals surface area contributed by atoms with Gasteiger partial charge in [0.15, 0.2) is 6.10 Å². The first kappa shape index (κ1) is 61.5. The highest BCUT2D eigenvalue weighted by molar-refractivity contribution is 7.47. The molecule has 2 aromatic rings. The molecule has 2 aromatic carbocycles. The van der Waals surface area contributed by atoms with Crippen molar-refractivity contribution >= 4 is 31.7 Å². The number of esters is 2. The van der Waals surface area contributed by atoms with Crippen LogP contribution in [0.4, 0.5) is 0 Å². The number of unbranched alkanes of at least 4 members (excludes halogenated alkanes) is 21. The summed E-state index contributed by atoms with van der Waals surface area (Å²) in [5.41, 5.74) is 2.16. The Labute approximate surface area is 414 Å². The maximum atomic E-state index is 13.3. The molecule has 0 aliphatic heterocycles. The van der Waals surface area contributed by atoms with E-state index in [1.807, 2.05) is 60.7 Å². The number of phosphoric acid groups is 1. The van der Waals surface area contributed by atoms with Gasteiger partial charge in [-0.05, 0) is 42.7 Å². The highest BCUT2D eigenvalue weighted by atomic mass is 31.2. The third-order valence-corrected chi connectivity index (χ3v) is 13.2. The predicted octanol–water partition coefficient (Wildman–Crippen LogP) is 12.3. The molecule has 2 rings (SSSR count). The monoisotopic (exact) mass is 989 g/mol. The number of aliphatic carboxylic acids is 2. The van der Waals surface area contributed by atoms with Gasteiger partial charge in [-0.3, -0.25) is 28.2 Å². The van der Waals surface area contributed by atoms with E-state index in [1.54, 1.807) is 0 Å². The molecule has 15 heteroatoms. The summed E-state index contributed by atoms with van der Waals surface area (Å²) in [7, 11) is -4.56. The second kappa shape index (κ2) is 42.1. The van der Waals surface area contributed by atoms with E-state index in [-0.39, 0.29) is 44.8 Å². The molecule has 392 valence electrons. The van der Waals surface area contributed by atoms with Gasteiger partial charge in [0.05, 0.1) is 26.1 Å². The molecule has 5 N–H and O–H groups in total. The van der Waals surface area contributed by atoms with E-state index >= 15 is 0 Å². The molecule has 3 atom stereocenters. The van der Waals surface area contributed by atoms with Gasteiger partial charge >= 0.3 is 31.7 Å². The van der Waals surface area contributed by atoms with Crippen molar-refractivity contribution < 1.29 is 57.4 Å². The summed E-state index contributed by atoms with van der Waals surface area (Å²) in [5.74, 6) is -2.42. The lowest BCUT2D eigenvalue weighted by Crippen LogP contribution is -2.31. The zero-order valence-electron chi connectivity index (χ0n) is 41.8. The topological polar surface area (TPSA) is 207 Å². The Hall–Kier alpha value is -3.65. The van der Waals surface area contributed by atoms with Gasteiger partial charge in [-0.2, -0.15) is 0 Å². The molecular formula is C54H89N2O12P. The van der Waals surface area contributed by atoms with Gasteiger partial charge in [-0.1, -0.05) is 196 Å². The number of nitrogens with one attached hydrogen (secondary N) is 2. The van der Waals surface area contributed by atoms with E-state index < -0.39 is 44.4 Å². The van der Waals surface area contributed by atoms with E-state index in [2.05, 4.69) is 10.6 Å². The molecule has 0 aliphatic carbocycles. The van der Waals surface area contributed by atoms with E-state index in [1.165, 1.54) is 64.2 Å². The molecule has 0 heterocycles. The largest absolute Gasteiger partial charge is 0.481 e. The molecule has 2 unspecified atom stereocenters. The van der Waals surface area contributed by atoms with Crippen molar-refractivity contribution in [3.8, 4) is 0 Å². The maximum absolute atomic E-state index is 13.3. The molecule has 0 aliphatic rings. The van der Waals surface area contributed by atoms with Crippen LogP contribution in [0.25, 0.3) is 0 Å². The lowest BCUT2D eigenvalue weighted by atomic mass is 9.94. The number of carbonyl (C=O) groups excluding carboxylic acids is 2. The number of hydrogen-bond acceptors (Lipinski definition) is 11. The van der Waals surface area contributed by atoms with Crippen LogP contribution in [0, 0.1) is 5.92 Å². The standard InChI is InChI=1S/C54H89N2O12P/c57-51(58)36-28-18-14-10-6-2-1-4-8-12-16-22-34-49(35-23-17-13-9-5-3-7-11-15-19-29-37-52(59)60)44-66-69(63,64)67-46-50(68-54(62)39-41-56-43-48-32-26-21-27-33-48)45-65-53(61)38-40-55-42-47-30-24-20-25-31-47/h20-21,24-27,30-33,49-50,55-56H,1-19,22-23,28-29,34-46H2,(H,57,58)(H,59,60)(H,63,64)/t49-,50?/m1/s1. The lowest BCUT2D eigenvalue weighted by molar-refractivity contribution is -0.161. The molecular weight excluding hydrogens is 900 g/mol. The Bertz CT molecular complexity index is 1640. The molecule has 0 spiro atoms. The molecule has 14 nitrogen and oxygen atoms in total. The molecule has 0 saturated heterocycles. The zero-order chi connectivity index (χ0) is 49.9. The Kier molecular flexibility index (Phi) is 37.5. The van der Waals surface area contributed by atoms with Crippen LogP contribution in [0.1, 0.15) is 197 Å². The third kappa shape index (κ3) is 38.7. The average molecular weight is 989 g/mol. The number of hydrogen-bond donors (Lipinski definition) is 5. The van der Waals surface area contributed by atoms with Crippen LogP contribution >= 0.6 is 7.82 Å². The van der Waals surface area contributed by atoms with Crippen molar-refractivity contribution in [1.82, 2.24) is 10.6 Å². The summed E-state index contributed by atoms with van der Waals surface area (Å²) in [6, 6.07) is 19.6. The molecule has 0 fully saturated rings. The fourth-order valence-electron chi connectivity index (χ4n) is 8.16. The number of ether oxygens (including phenoxy) is 2. The summed E-state index contributed by atoms with van der Waals surface area (Å²) in [5, 5.41) is 24.0. The third-order valence-electron chi connectivity index (χ3n) is 12.2. The van der Waals surface area contributed by atoms with Gasteiger partial charge in [0.2, 0.25) is 0 Å². The van der Waals surface area contributed by atoms with Crippen LogP contribution < -0.4 is 10.6 Å². The first-order chi connectivity index (χ1) is 33.5. The van der Waals surface area contributed by atoms with Crippen LogP contribution in [-0.4, -0.2) is 78.0 Å². The number of benzene rings is 2. The normalized spacial score (nSPS) is 13.1. The quantitative estimate of drug-likeness (QED) is 0.0238. The Morgan fingerprint density at radius 3 is 1.23 bits per heavy atom. The van der Waals surface area contributed by atoms with Crippen LogP contribution in [0.3, 0.4) is 0 Å². The van der Waals surface area contributed by atoms with E-state index in [9.17, 15) is 28.6 Å². The van der Waals surface area contributed by atoms with Gasteiger partial charge < -0.3 is 35.2 Å². The van der Waals surface area contributed by atoms with Crippen LogP contribution in [0.15, 0.2) is 60.7 Å². The summed E-state index contributed by atoms with van der Waals surface area (Å²) in [4.78, 5) is 57.7. The van der Waals surface area contributed by atoms with Gasteiger partial charge in [0.25, 0.3) is 0 Å². The minimum Gasteiger partial charge on any atom is -0.481 e. The van der Waals surface area contributed by atoms with Crippen molar-refractivity contribution in [2.45, 2.75) is 205 Å². The average Bonchev–Trinajstić information content (AvgIpc) is 3.33. The molecule has 0 saturated carbocycles. The summed E-state index contributed by atoms with van der Waals surface area (Å²) >= 11 is 0. The number of carboxylic acid groups (broad SMARTS) is 2. The predicted molar refractivity (Wildman–Crippen MR) is 272 cm³/mol. The first-order valence-electron chi connectivity index (χ1n) is 26.4. The molecule has 0 aromatic heterocycles. The van der Waals surface area contributed by atoms with Crippen molar-refractivity contribution in [3.63, 3.8) is 0 Å². The van der Waals surface area contributed by atoms with Gasteiger partial charge in [-0.15, -0.1) is 0 Å². The van der Waals surface area contributed by atoms with Crippen molar-refractivity contribution in [3.05, 3.63) is 71.8 Å². The van der Waals surface area contributed by atoms with E-state index in [0.717, 1.165) is 107 Å². The zero-order valence-corrected chi connectivity index (χ0v) is 42.7. The number of phosphoric ester groups is 1. The smallest absolute Gasteiger partial charge is 0.472 e. The van der Waals surface area contributed by atoms with Gasteiger partial charge in [-0.25, -0.2) is 4.57 Å². The van der Waals surface area contributed by atoms with Gasteiger partial charge in [0.1, 0.15) is 6.61 Å². The molecule has 0 radical (unpaired) electrons. The fraction of sp³-hybridized carbons (Fsp3) is 0.704. The minimum atomic E-state index is -4.56. The van der Waals surface area contributed by atoms with Crippen molar-refractivity contribution in [1.29, 1.82) is 0 Å². The number of carbonyl (C=O) groups is 4. The van der Waals surface area contributed by atoms with E-state index in [0.29, 0.717) is 26.2 Å².